The van der Waals surface area contributed by atoms with Crippen molar-refractivity contribution in [2.45, 2.75) is 19.0 Å². The Balaban J connectivity index is 1.67. The molecule has 3 aromatic rings. The third-order valence-corrected chi connectivity index (χ3v) is 6.50. The number of piperazine rings is 1. The quantitative estimate of drug-likeness (QED) is 0.432. The maximum atomic E-state index is 5.76. The molecule has 10 nitrogen and oxygen atoms in total. The summed E-state index contributed by atoms with van der Waals surface area (Å²) in [6, 6.07) is 11.6. The summed E-state index contributed by atoms with van der Waals surface area (Å²) in [5.74, 6) is 3.74. The molecule has 0 N–H and O–H groups in total. The van der Waals surface area contributed by atoms with Gasteiger partial charge in [-0.25, -0.2) is 4.68 Å². The van der Waals surface area contributed by atoms with E-state index in [1.165, 1.54) is 0 Å². The maximum absolute atomic E-state index is 5.76. The van der Waals surface area contributed by atoms with Crippen molar-refractivity contribution in [3.05, 3.63) is 53.3 Å². The fourth-order valence-electron chi connectivity index (χ4n) is 4.47. The molecule has 0 aliphatic carbocycles. The maximum Gasteiger partial charge on any atom is 0.173 e. The normalized spacial score (nSPS) is 15.6. The summed E-state index contributed by atoms with van der Waals surface area (Å²) in [4.78, 5) is 4.74. The summed E-state index contributed by atoms with van der Waals surface area (Å²) in [7, 11) is 8.78. The number of ether oxygens (including phenoxy) is 4. The van der Waals surface area contributed by atoms with Crippen LogP contribution >= 0.6 is 0 Å². The second-order valence-electron chi connectivity index (χ2n) is 8.55. The highest BCUT2D eigenvalue weighted by molar-refractivity contribution is 5.45. The van der Waals surface area contributed by atoms with Gasteiger partial charge in [-0.3, -0.25) is 4.90 Å². The van der Waals surface area contributed by atoms with Gasteiger partial charge in [0, 0.05) is 38.3 Å². The molecule has 2 heterocycles. The van der Waals surface area contributed by atoms with Crippen molar-refractivity contribution >= 4 is 0 Å². The number of benzene rings is 2. The first-order valence-corrected chi connectivity index (χ1v) is 11.7. The van der Waals surface area contributed by atoms with Crippen molar-refractivity contribution in [2.24, 2.45) is 0 Å². The van der Waals surface area contributed by atoms with E-state index in [0.29, 0.717) is 18.0 Å². The van der Waals surface area contributed by atoms with Gasteiger partial charge in [0.1, 0.15) is 17.5 Å². The number of rotatable bonds is 10. The van der Waals surface area contributed by atoms with Gasteiger partial charge in [0.25, 0.3) is 0 Å². The van der Waals surface area contributed by atoms with E-state index in [1.54, 1.807) is 28.4 Å². The van der Waals surface area contributed by atoms with Crippen LogP contribution in [-0.4, -0.2) is 91.7 Å². The molecule has 0 unspecified atom stereocenters. The number of hydrogen-bond acceptors (Lipinski definition) is 9. The Morgan fingerprint density at radius 3 is 2.23 bits per heavy atom. The molecule has 1 fully saturated rings. The van der Waals surface area contributed by atoms with Crippen LogP contribution in [0.2, 0.25) is 0 Å². The van der Waals surface area contributed by atoms with Gasteiger partial charge in [-0.2, -0.15) is 0 Å². The fraction of sp³-hybridized carbons (Fsp3) is 0.480. The highest BCUT2D eigenvalue weighted by Gasteiger charge is 2.32. The lowest BCUT2D eigenvalue weighted by atomic mass is 10.0. The summed E-state index contributed by atoms with van der Waals surface area (Å²) in [6.07, 6.45) is 0.739. The standard InChI is InChI=1S/C25H34N6O4/c1-29-12-14-30(15-13-29)24(20-17-19(32-2)7-9-21(20)33-3)25-26-27-28-31(25)11-10-18-6-8-22(34-4)23(16-18)35-5/h6-9,16-17,24H,10-15H2,1-5H3/t24-/m1/s1. The highest BCUT2D eigenvalue weighted by atomic mass is 16.5. The van der Waals surface area contributed by atoms with Crippen LogP contribution in [0.4, 0.5) is 0 Å². The zero-order valence-corrected chi connectivity index (χ0v) is 21.1. The largest absolute Gasteiger partial charge is 0.497 e. The lowest BCUT2D eigenvalue weighted by Crippen LogP contribution is -2.46. The van der Waals surface area contributed by atoms with E-state index in [-0.39, 0.29) is 6.04 Å². The number of aromatic nitrogens is 4. The SMILES string of the molecule is COc1ccc(OC)c([C@H](c2nnnn2CCc2ccc(OC)c(OC)c2)N2CCN(C)CC2)c1. The van der Waals surface area contributed by atoms with Crippen LogP contribution in [0, 0.1) is 0 Å². The zero-order valence-electron chi connectivity index (χ0n) is 21.1. The van der Waals surface area contributed by atoms with E-state index in [4.69, 9.17) is 18.9 Å². The summed E-state index contributed by atoms with van der Waals surface area (Å²) in [5, 5.41) is 12.9. The Morgan fingerprint density at radius 2 is 1.54 bits per heavy atom. The van der Waals surface area contributed by atoms with Crippen LogP contribution in [-0.2, 0) is 13.0 Å². The van der Waals surface area contributed by atoms with Crippen LogP contribution in [0.1, 0.15) is 23.0 Å². The van der Waals surface area contributed by atoms with Crippen molar-refractivity contribution in [1.82, 2.24) is 30.0 Å². The second-order valence-corrected chi connectivity index (χ2v) is 8.55. The van der Waals surface area contributed by atoms with Crippen LogP contribution < -0.4 is 18.9 Å². The molecule has 0 amide bonds. The molecule has 10 heteroatoms. The Labute approximate surface area is 206 Å². The minimum absolute atomic E-state index is 0.172. The summed E-state index contributed by atoms with van der Waals surface area (Å²) in [5.41, 5.74) is 2.10. The van der Waals surface area contributed by atoms with Crippen molar-refractivity contribution in [3.8, 4) is 23.0 Å². The second kappa shape index (κ2) is 11.4. The molecule has 35 heavy (non-hydrogen) atoms. The molecule has 1 aliphatic heterocycles. The Bertz CT molecular complexity index is 1110. The minimum Gasteiger partial charge on any atom is -0.497 e. The minimum atomic E-state index is -0.172. The fourth-order valence-corrected chi connectivity index (χ4v) is 4.47. The topological polar surface area (TPSA) is 87.0 Å². The van der Waals surface area contributed by atoms with E-state index in [0.717, 1.165) is 61.1 Å². The van der Waals surface area contributed by atoms with Gasteiger partial charge < -0.3 is 23.8 Å². The molecule has 0 spiro atoms. The summed E-state index contributed by atoms with van der Waals surface area (Å²) in [6.45, 7) is 4.34. The molecule has 1 aromatic heterocycles. The molecular weight excluding hydrogens is 448 g/mol. The number of methoxy groups -OCH3 is 4. The average Bonchev–Trinajstić information content (AvgIpc) is 3.36. The predicted octanol–water partition coefficient (Wildman–Crippen LogP) is 2.29. The molecule has 0 radical (unpaired) electrons. The molecule has 4 rings (SSSR count). The van der Waals surface area contributed by atoms with Gasteiger partial charge in [-0.15, -0.1) is 5.10 Å². The van der Waals surface area contributed by atoms with E-state index in [1.807, 2.05) is 41.1 Å². The number of hydrogen-bond donors (Lipinski definition) is 0. The van der Waals surface area contributed by atoms with E-state index >= 15 is 0 Å². The smallest absolute Gasteiger partial charge is 0.173 e. The highest BCUT2D eigenvalue weighted by Crippen LogP contribution is 2.37. The number of nitrogens with zero attached hydrogens (tertiary/aromatic N) is 6. The Hall–Kier alpha value is -3.37. The van der Waals surface area contributed by atoms with E-state index < -0.39 is 0 Å². The summed E-state index contributed by atoms with van der Waals surface area (Å²) < 4.78 is 24.0. The zero-order chi connectivity index (χ0) is 24.8. The average molecular weight is 483 g/mol. The molecule has 1 aliphatic rings. The number of aryl methyl sites for hydroxylation is 2. The molecule has 1 atom stereocenters. The molecule has 0 saturated carbocycles. The monoisotopic (exact) mass is 482 g/mol. The third kappa shape index (κ3) is 5.49. The van der Waals surface area contributed by atoms with Crippen LogP contribution in [0.3, 0.4) is 0 Å². The lowest BCUT2D eigenvalue weighted by molar-refractivity contribution is 0.120. The van der Waals surface area contributed by atoms with Crippen molar-refractivity contribution in [1.29, 1.82) is 0 Å². The number of likely N-dealkylation sites (N-methyl/N-ethyl adjacent to an activating group) is 1. The van der Waals surface area contributed by atoms with Crippen LogP contribution in [0.15, 0.2) is 36.4 Å². The molecule has 1 saturated heterocycles. The first-order valence-electron chi connectivity index (χ1n) is 11.7. The van der Waals surface area contributed by atoms with Gasteiger partial charge in [0.05, 0.1) is 28.4 Å². The van der Waals surface area contributed by atoms with Gasteiger partial charge in [-0.1, -0.05) is 6.07 Å². The molecular formula is C25H34N6O4. The van der Waals surface area contributed by atoms with E-state index in [9.17, 15) is 0 Å². The van der Waals surface area contributed by atoms with Crippen LogP contribution in [0.25, 0.3) is 0 Å². The third-order valence-electron chi connectivity index (χ3n) is 6.50. The van der Waals surface area contributed by atoms with Gasteiger partial charge in [0.2, 0.25) is 0 Å². The Morgan fingerprint density at radius 1 is 0.829 bits per heavy atom. The first-order chi connectivity index (χ1) is 17.1. The van der Waals surface area contributed by atoms with Gasteiger partial charge >= 0.3 is 0 Å². The van der Waals surface area contributed by atoms with Gasteiger partial charge in [0.15, 0.2) is 17.3 Å². The van der Waals surface area contributed by atoms with Crippen molar-refractivity contribution < 1.29 is 18.9 Å². The van der Waals surface area contributed by atoms with Gasteiger partial charge in [-0.05, 0) is 59.8 Å². The Kier molecular flexibility index (Phi) is 8.04. The molecule has 0 bridgehead atoms. The number of tetrazole rings is 1. The van der Waals surface area contributed by atoms with Crippen molar-refractivity contribution in [2.75, 3.05) is 61.7 Å². The van der Waals surface area contributed by atoms with E-state index in [2.05, 4.69) is 32.4 Å². The molecule has 2 aromatic carbocycles. The van der Waals surface area contributed by atoms with Crippen LogP contribution in [0.5, 0.6) is 23.0 Å². The van der Waals surface area contributed by atoms with Crippen molar-refractivity contribution in [3.63, 3.8) is 0 Å². The molecule has 188 valence electrons. The first kappa shape index (κ1) is 24.7. The lowest BCUT2D eigenvalue weighted by Gasteiger charge is -2.37. The summed E-state index contributed by atoms with van der Waals surface area (Å²) >= 11 is 0. The predicted molar refractivity (Wildman–Crippen MR) is 132 cm³/mol.